The Labute approximate surface area is 95.8 Å². The van der Waals surface area contributed by atoms with E-state index in [1.165, 1.54) is 0 Å². The summed E-state index contributed by atoms with van der Waals surface area (Å²) in [5.74, 6) is 0. The van der Waals surface area contributed by atoms with Crippen LogP contribution in [0.25, 0.3) is 0 Å². The van der Waals surface area contributed by atoms with Crippen LogP contribution in [0.3, 0.4) is 0 Å². The summed E-state index contributed by atoms with van der Waals surface area (Å²) in [5.41, 5.74) is -0.675. The highest BCUT2D eigenvalue weighted by atomic mass is 19.4. The van der Waals surface area contributed by atoms with Crippen LogP contribution < -0.4 is 5.01 Å². The van der Waals surface area contributed by atoms with E-state index < -0.39 is 16.8 Å². The standard InChI is InChI=1S/C10H11F3N2O2/c1-2-7-14(15(16)17)9-5-3-8(4-6-9)10(11,12)13/h3-6H,2,7H2,1H3. The minimum Gasteiger partial charge on any atom is -0.234 e. The third-order valence-electron chi connectivity index (χ3n) is 2.13. The zero-order chi connectivity index (χ0) is 13.1. The number of hydrogen-bond donors (Lipinski definition) is 0. The van der Waals surface area contributed by atoms with Gasteiger partial charge in [-0.3, -0.25) is 0 Å². The number of halogens is 3. The van der Waals surface area contributed by atoms with E-state index in [0.717, 1.165) is 29.3 Å². The van der Waals surface area contributed by atoms with Crippen molar-refractivity contribution >= 4 is 5.69 Å². The van der Waals surface area contributed by atoms with Crippen LogP contribution >= 0.6 is 0 Å². The molecule has 0 unspecified atom stereocenters. The number of hydrogen-bond acceptors (Lipinski definition) is 2. The number of benzene rings is 1. The van der Waals surface area contributed by atoms with Gasteiger partial charge in [0.1, 0.15) is 5.69 Å². The van der Waals surface area contributed by atoms with E-state index in [-0.39, 0.29) is 12.2 Å². The topological polar surface area (TPSA) is 46.4 Å². The van der Waals surface area contributed by atoms with Crippen molar-refractivity contribution in [3.63, 3.8) is 0 Å². The van der Waals surface area contributed by atoms with Crippen LogP contribution in [0.15, 0.2) is 24.3 Å². The average Bonchev–Trinajstić information content (AvgIpc) is 2.24. The second-order valence-corrected chi connectivity index (χ2v) is 3.41. The molecule has 94 valence electrons. The molecule has 0 aliphatic carbocycles. The van der Waals surface area contributed by atoms with Crippen molar-refractivity contribution in [2.24, 2.45) is 0 Å². The number of anilines is 1. The summed E-state index contributed by atoms with van der Waals surface area (Å²) in [6.45, 7) is 1.90. The Morgan fingerprint density at radius 3 is 2.18 bits per heavy atom. The van der Waals surface area contributed by atoms with Crippen LogP contribution in [0.1, 0.15) is 18.9 Å². The molecule has 0 atom stereocenters. The van der Waals surface area contributed by atoms with Gasteiger partial charge in [0.15, 0.2) is 5.03 Å². The van der Waals surface area contributed by atoms with Crippen molar-refractivity contribution in [3.05, 3.63) is 39.9 Å². The van der Waals surface area contributed by atoms with E-state index in [0.29, 0.717) is 6.42 Å². The van der Waals surface area contributed by atoms with E-state index in [2.05, 4.69) is 0 Å². The number of rotatable bonds is 4. The minimum absolute atomic E-state index is 0.143. The highest BCUT2D eigenvalue weighted by molar-refractivity contribution is 5.45. The lowest BCUT2D eigenvalue weighted by Gasteiger charge is -2.14. The fourth-order valence-electron chi connectivity index (χ4n) is 1.34. The molecule has 17 heavy (non-hydrogen) atoms. The lowest BCUT2D eigenvalue weighted by molar-refractivity contribution is -0.494. The van der Waals surface area contributed by atoms with Crippen LogP contribution in [0.4, 0.5) is 18.9 Å². The first-order valence-corrected chi connectivity index (χ1v) is 4.95. The summed E-state index contributed by atoms with van der Waals surface area (Å²) in [6, 6.07) is 3.87. The average molecular weight is 248 g/mol. The van der Waals surface area contributed by atoms with Gasteiger partial charge in [-0.15, -0.1) is 0 Å². The van der Waals surface area contributed by atoms with Gasteiger partial charge >= 0.3 is 6.18 Å². The lowest BCUT2D eigenvalue weighted by atomic mass is 10.2. The monoisotopic (exact) mass is 248 g/mol. The molecule has 0 aliphatic heterocycles. The maximum absolute atomic E-state index is 12.3. The van der Waals surface area contributed by atoms with Crippen molar-refractivity contribution in [2.75, 3.05) is 11.6 Å². The summed E-state index contributed by atoms with van der Waals surface area (Å²) >= 11 is 0. The van der Waals surface area contributed by atoms with Gasteiger partial charge in [-0.2, -0.15) is 13.2 Å². The number of nitrogens with zero attached hydrogens (tertiary/aromatic N) is 2. The predicted molar refractivity (Wildman–Crippen MR) is 56.1 cm³/mol. The zero-order valence-corrected chi connectivity index (χ0v) is 9.07. The molecular weight excluding hydrogens is 237 g/mol. The Morgan fingerprint density at radius 1 is 1.29 bits per heavy atom. The second kappa shape index (κ2) is 5.03. The summed E-state index contributed by atoms with van der Waals surface area (Å²) in [5, 5.41) is 10.9. The molecule has 0 amide bonds. The third kappa shape index (κ3) is 3.33. The molecule has 0 saturated heterocycles. The van der Waals surface area contributed by atoms with Gasteiger partial charge in [0.25, 0.3) is 0 Å². The maximum Gasteiger partial charge on any atom is 0.416 e. The zero-order valence-electron chi connectivity index (χ0n) is 9.07. The molecule has 0 N–H and O–H groups in total. The minimum atomic E-state index is -4.43. The summed E-state index contributed by atoms with van der Waals surface area (Å²) < 4.78 is 36.8. The van der Waals surface area contributed by atoms with Crippen molar-refractivity contribution in [1.82, 2.24) is 0 Å². The molecule has 0 radical (unpaired) electrons. The second-order valence-electron chi connectivity index (χ2n) is 3.41. The molecule has 7 heteroatoms. The summed E-state index contributed by atoms with van der Waals surface area (Å²) in [7, 11) is 0. The fourth-order valence-corrected chi connectivity index (χ4v) is 1.34. The Kier molecular flexibility index (Phi) is 3.93. The molecular formula is C10H11F3N2O2. The van der Waals surface area contributed by atoms with E-state index in [9.17, 15) is 23.3 Å². The van der Waals surface area contributed by atoms with Crippen LogP contribution in [-0.4, -0.2) is 11.6 Å². The van der Waals surface area contributed by atoms with E-state index in [1.54, 1.807) is 6.92 Å². The number of hydrazine groups is 1. The maximum atomic E-state index is 12.3. The molecule has 0 aromatic heterocycles. The fraction of sp³-hybridized carbons (Fsp3) is 0.400. The molecule has 0 spiro atoms. The lowest BCUT2D eigenvalue weighted by Crippen LogP contribution is -2.30. The first-order valence-electron chi connectivity index (χ1n) is 4.95. The quantitative estimate of drug-likeness (QED) is 0.607. The molecule has 1 aromatic rings. The van der Waals surface area contributed by atoms with Crippen LogP contribution in [0.5, 0.6) is 0 Å². The Morgan fingerprint density at radius 2 is 1.82 bits per heavy atom. The van der Waals surface area contributed by atoms with Gasteiger partial charge in [0.2, 0.25) is 0 Å². The molecule has 0 saturated carbocycles. The van der Waals surface area contributed by atoms with Crippen molar-refractivity contribution in [2.45, 2.75) is 19.5 Å². The molecule has 1 rings (SSSR count). The van der Waals surface area contributed by atoms with Crippen molar-refractivity contribution in [1.29, 1.82) is 0 Å². The summed E-state index contributed by atoms with van der Waals surface area (Å²) in [6.07, 6.45) is -3.90. The number of nitro groups is 1. The van der Waals surface area contributed by atoms with Gasteiger partial charge < -0.3 is 0 Å². The van der Waals surface area contributed by atoms with E-state index >= 15 is 0 Å². The molecule has 0 aliphatic rings. The first kappa shape index (κ1) is 13.3. The van der Waals surface area contributed by atoms with E-state index in [1.807, 2.05) is 0 Å². The Hall–Kier alpha value is -1.79. The number of alkyl halides is 3. The van der Waals surface area contributed by atoms with Gasteiger partial charge in [-0.25, -0.2) is 10.1 Å². The van der Waals surface area contributed by atoms with Crippen LogP contribution in [0.2, 0.25) is 0 Å². The molecule has 4 nitrogen and oxygen atoms in total. The van der Waals surface area contributed by atoms with Crippen LogP contribution in [0, 0.1) is 10.1 Å². The smallest absolute Gasteiger partial charge is 0.234 e. The van der Waals surface area contributed by atoms with Crippen LogP contribution in [-0.2, 0) is 6.18 Å². The van der Waals surface area contributed by atoms with Gasteiger partial charge in [-0.1, -0.05) is 11.9 Å². The summed E-state index contributed by atoms with van der Waals surface area (Å²) in [4.78, 5) is 10.7. The van der Waals surface area contributed by atoms with Crippen molar-refractivity contribution in [3.8, 4) is 0 Å². The first-order chi connectivity index (χ1) is 7.86. The van der Waals surface area contributed by atoms with E-state index in [4.69, 9.17) is 0 Å². The highest BCUT2D eigenvalue weighted by Crippen LogP contribution is 2.30. The molecule has 0 bridgehead atoms. The third-order valence-corrected chi connectivity index (χ3v) is 2.13. The normalized spacial score (nSPS) is 11.3. The predicted octanol–water partition coefficient (Wildman–Crippen LogP) is 3.11. The SMILES string of the molecule is CCCN(c1ccc(C(F)(F)F)cc1)[N+](=O)[O-]. The van der Waals surface area contributed by atoms with Crippen molar-refractivity contribution < 1.29 is 18.2 Å². The Balaban J connectivity index is 2.96. The largest absolute Gasteiger partial charge is 0.416 e. The van der Waals surface area contributed by atoms with Gasteiger partial charge in [0, 0.05) is 0 Å². The highest BCUT2D eigenvalue weighted by Gasteiger charge is 2.30. The molecule has 0 fully saturated rings. The van der Waals surface area contributed by atoms with Gasteiger partial charge in [-0.05, 0) is 30.7 Å². The Bertz CT molecular complexity index is 390. The molecule has 0 heterocycles. The molecule has 1 aromatic carbocycles. The van der Waals surface area contributed by atoms with Gasteiger partial charge in [0.05, 0.1) is 12.1 Å².